The number of pyridine rings is 1. The van der Waals surface area contributed by atoms with E-state index in [0.29, 0.717) is 0 Å². The summed E-state index contributed by atoms with van der Waals surface area (Å²) in [7, 11) is 0. The summed E-state index contributed by atoms with van der Waals surface area (Å²) in [6.45, 7) is 3.99. The molecule has 1 N–H and O–H groups in total. The zero-order chi connectivity index (χ0) is 17.9. The van der Waals surface area contributed by atoms with Crippen molar-refractivity contribution in [1.29, 1.82) is 0 Å². The van der Waals surface area contributed by atoms with Crippen LogP contribution in [0.25, 0.3) is 10.9 Å². The number of benzene rings is 2. The first-order chi connectivity index (χ1) is 12.7. The van der Waals surface area contributed by atoms with E-state index in [1.54, 1.807) is 0 Å². The average Bonchev–Trinajstić information content (AvgIpc) is 2.69. The third-order valence-electron chi connectivity index (χ3n) is 5.08. The van der Waals surface area contributed by atoms with E-state index >= 15 is 0 Å². The lowest BCUT2D eigenvalue weighted by Gasteiger charge is -2.34. The Hall–Kier alpha value is -2.88. The van der Waals surface area contributed by atoms with Crippen LogP contribution >= 0.6 is 0 Å². The lowest BCUT2D eigenvalue weighted by atomic mass is 10.0. The molecule has 1 aliphatic heterocycles. The Bertz CT molecular complexity index is 915. The molecule has 0 aliphatic carbocycles. The highest BCUT2D eigenvalue weighted by atomic mass is 16.1. The number of anilines is 1. The summed E-state index contributed by atoms with van der Waals surface area (Å²) < 4.78 is 0. The molecule has 0 saturated carbocycles. The Kier molecular flexibility index (Phi) is 4.57. The number of rotatable bonds is 3. The highest BCUT2D eigenvalue weighted by Crippen LogP contribution is 2.28. The van der Waals surface area contributed by atoms with Gasteiger partial charge in [-0.1, -0.05) is 29.8 Å². The maximum atomic E-state index is 12.3. The van der Waals surface area contributed by atoms with E-state index in [-0.39, 0.29) is 11.9 Å². The first-order valence-corrected chi connectivity index (χ1v) is 9.17. The average molecular weight is 345 g/mol. The number of aromatic nitrogens is 1. The number of hydrogen-bond donors (Lipinski definition) is 1. The number of hydrogen-bond acceptors (Lipinski definition) is 3. The Balaban J connectivity index is 1.44. The Morgan fingerprint density at radius 2 is 1.85 bits per heavy atom. The van der Waals surface area contributed by atoms with Crippen LogP contribution in [0.1, 0.15) is 28.8 Å². The van der Waals surface area contributed by atoms with Gasteiger partial charge in [-0.05, 0) is 50.1 Å². The van der Waals surface area contributed by atoms with Gasteiger partial charge in [0, 0.05) is 42.0 Å². The van der Waals surface area contributed by atoms with Crippen molar-refractivity contribution in [1.82, 2.24) is 10.3 Å². The van der Waals surface area contributed by atoms with Crippen LogP contribution < -0.4 is 10.2 Å². The monoisotopic (exact) mass is 345 g/mol. The highest BCUT2D eigenvalue weighted by molar-refractivity contribution is 5.94. The topological polar surface area (TPSA) is 45.2 Å². The minimum atomic E-state index is 0.0223. The van der Waals surface area contributed by atoms with Gasteiger partial charge in [0.15, 0.2) is 0 Å². The number of piperidine rings is 1. The van der Waals surface area contributed by atoms with Crippen LogP contribution in [-0.4, -0.2) is 30.0 Å². The minimum Gasteiger partial charge on any atom is -0.371 e. The molecule has 1 saturated heterocycles. The summed E-state index contributed by atoms with van der Waals surface area (Å²) in [5, 5.41) is 4.38. The number of nitrogens with zero attached hydrogens (tertiary/aromatic N) is 2. The number of aryl methyl sites for hydroxylation is 1. The van der Waals surface area contributed by atoms with Crippen LogP contribution in [-0.2, 0) is 0 Å². The van der Waals surface area contributed by atoms with Crippen LogP contribution in [0.2, 0.25) is 0 Å². The van der Waals surface area contributed by atoms with Gasteiger partial charge in [-0.3, -0.25) is 9.78 Å². The van der Waals surface area contributed by atoms with Crippen molar-refractivity contribution in [2.75, 3.05) is 18.0 Å². The fourth-order valence-electron chi connectivity index (χ4n) is 3.64. The van der Waals surface area contributed by atoms with Gasteiger partial charge in [0.2, 0.25) is 0 Å². The molecule has 26 heavy (non-hydrogen) atoms. The van der Waals surface area contributed by atoms with E-state index in [4.69, 9.17) is 0 Å². The van der Waals surface area contributed by atoms with Crippen LogP contribution in [0.15, 0.2) is 60.8 Å². The molecule has 4 nitrogen and oxygen atoms in total. The first-order valence-electron chi connectivity index (χ1n) is 9.17. The van der Waals surface area contributed by atoms with Crippen molar-refractivity contribution >= 4 is 22.5 Å². The summed E-state index contributed by atoms with van der Waals surface area (Å²) in [6.07, 6.45) is 3.79. The highest BCUT2D eigenvalue weighted by Gasteiger charge is 2.22. The molecule has 1 amide bonds. The smallest absolute Gasteiger partial charge is 0.251 e. The molecule has 1 fully saturated rings. The number of amides is 1. The number of carbonyl (C=O) groups excluding carboxylic acids is 1. The largest absolute Gasteiger partial charge is 0.371 e. The Morgan fingerprint density at radius 3 is 2.62 bits per heavy atom. The SMILES string of the molecule is Cc1ccc2nccc(N3CCC(NC(=O)c4ccccc4)CC3)c2c1. The molecule has 4 heteroatoms. The van der Waals surface area contributed by atoms with Gasteiger partial charge in [-0.2, -0.15) is 0 Å². The summed E-state index contributed by atoms with van der Waals surface area (Å²) >= 11 is 0. The van der Waals surface area contributed by atoms with Gasteiger partial charge in [0.25, 0.3) is 5.91 Å². The van der Waals surface area contributed by atoms with Crippen molar-refractivity contribution < 1.29 is 4.79 Å². The third kappa shape index (κ3) is 3.40. The summed E-state index contributed by atoms with van der Waals surface area (Å²) in [5.41, 5.74) is 4.25. The normalized spacial score (nSPS) is 15.2. The van der Waals surface area contributed by atoms with E-state index in [0.717, 1.165) is 37.0 Å². The van der Waals surface area contributed by atoms with Crippen molar-refractivity contribution in [2.45, 2.75) is 25.8 Å². The van der Waals surface area contributed by atoms with Crippen LogP contribution in [0, 0.1) is 6.92 Å². The quantitative estimate of drug-likeness (QED) is 0.782. The Morgan fingerprint density at radius 1 is 1.08 bits per heavy atom. The number of nitrogens with one attached hydrogen (secondary N) is 1. The van der Waals surface area contributed by atoms with Gasteiger partial charge < -0.3 is 10.2 Å². The van der Waals surface area contributed by atoms with Gasteiger partial charge >= 0.3 is 0 Å². The van der Waals surface area contributed by atoms with E-state index in [9.17, 15) is 4.79 Å². The third-order valence-corrected chi connectivity index (χ3v) is 5.08. The van der Waals surface area contributed by atoms with Gasteiger partial charge in [-0.15, -0.1) is 0 Å². The standard InChI is InChI=1S/C22H23N3O/c1-16-7-8-20-19(15-16)21(9-12-23-20)25-13-10-18(11-14-25)24-22(26)17-5-3-2-4-6-17/h2-9,12,15,18H,10-11,13-14H2,1H3,(H,24,26). The van der Waals surface area contributed by atoms with Gasteiger partial charge in [0.1, 0.15) is 0 Å². The Labute approximate surface area is 153 Å². The fourth-order valence-corrected chi connectivity index (χ4v) is 3.64. The molecular formula is C22H23N3O. The van der Waals surface area contributed by atoms with Crippen LogP contribution in [0.4, 0.5) is 5.69 Å². The van der Waals surface area contributed by atoms with E-state index < -0.39 is 0 Å². The molecule has 2 heterocycles. The second-order valence-corrected chi connectivity index (χ2v) is 6.95. The predicted molar refractivity (Wildman–Crippen MR) is 106 cm³/mol. The van der Waals surface area contributed by atoms with Crippen molar-refractivity contribution in [2.24, 2.45) is 0 Å². The molecular weight excluding hydrogens is 322 g/mol. The number of carbonyl (C=O) groups is 1. The van der Waals surface area contributed by atoms with Gasteiger partial charge in [-0.25, -0.2) is 0 Å². The van der Waals surface area contributed by atoms with Crippen molar-refractivity contribution in [3.63, 3.8) is 0 Å². The van der Waals surface area contributed by atoms with Crippen LogP contribution in [0.3, 0.4) is 0 Å². The fraction of sp³-hybridized carbons (Fsp3) is 0.273. The maximum absolute atomic E-state index is 12.3. The first kappa shape index (κ1) is 16.6. The molecule has 0 bridgehead atoms. The van der Waals surface area contributed by atoms with Crippen LogP contribution in [0.5, 0.6) is 0 Å². The molecule has 132 valence electrons. The van der Waals surface area contributed by atoms with Gasteiger partial charge in [0.05, 0.1) is 5.52 Å². The molecule has 0 spiro atoms. The molecule has 0 radical (unpaired) electrons. The summed E-state index contributed by atoms with van der Waals surface area (Å²) in [6, 6.07) is 18.2. The molecule has 4 rings (SSSR count). The molecule has 2 aromatic carbocycles. The second kappa shape index (κ2) is 7.16. The van der Waals surface area contributed by atoms with E-state index in [2.05, 4.69) is 46.4 Å². The minimum absolute atomic E-state index is 0.0223. The second-order valence-electron chi connectivity index (χ2n) is 6.95. The van der Waals surface area contributed by atoms with Crippen molar-refractivity contribution in [3.05, 3.63) is 71.9 Å². The molecule has 0 unspecified atom stereocenters. The maximum Gasteiger partial charge on any atom is 0.251 e. The summed E-state index contributed by atoms with van der Waals surface area (Å²) in [5.74, 6) is 0.0223. The molecule has 1 aromatic heterocycles. The zero-order valence-electron chi connectivity index (χ0n) is 15.0. The lowest BCUT2D eigenvalue weighted by Crippen LogP contribution is -2.44. The lowest BCUT2D eigenvalue weighted by molar-refractivity contribution is 0.0931. The zero-order valence-corrected chi connectivity index (χ0v) is 15.0. The molecule has 3 aromatic rings. The number of fused-ring (bicyclic) bond motifs is 1. The van der Waals surface area contributed by atoms with Crippen molar-refractivity contribution in [3.8, 4) is 0 Å². The predicted octanol–water partition coefficient (Wildman–Crippen LogP) is 3.94. The summed E-state index contributed by atoms with van der Waals surface area (Å²) in [4.78, 5) is 19.2. The molecule has 1 aliphatic rings. The molecule has 0 atom stereocenters. The van der Waals surface area contributed by atoms with E-state index in [1.807, 2.05) is 36.5 Å². The van der Waals surface area contributed by atoms with E-state index in [1.165, 1.54) is 16.6 Å².